The summed E-state index contributed by atoms with van der Waals surface area (Å²) >= 11 is 5.84. The molecule has 0 fully saturated rings. The van der Waals surface area contributed by atoms with Crippen molar-refractivity contribution in [2.24, 2.45) is 7.05 Å². The van der Waals surface area contributed by atoms with Crippen LogP contribution < -0.4 is 9.46 Å². The lowest BCUT2D eigenvalue weighted by molar-refractivity contribution is 0.173. The Labute approximate surface area is 134 Å². The van der Waals surface area contributed by atoms with Gasteiger partial charge in [0.1, 0.15) is 16.7 Å². The lowest BCUT2D eigenvalue weighted by Crippen LogP contribution is -2.29. The van der Waals surface area contributed by atoms with E-state index in [0.717, 1.165) is 0 Å². The summed E-state index contributed by atoms with van der Waals surface area (Å²) in [5.41, 5.74) is 0.612. The summed E-state index contributed by atoms with van der Waals surface area (Å²) in [6.45, 7) is -0.157. The number of nitrogens with one attached hydrogen (secondary N) is 1. The van der Waals surface area contributed by atoms with Crippen LogP contribution in [0.2, 0.25) is 5.02 Å². The first-order valence-corrected chi connectivity index (χ1v) is 8.34. The molecular formula is C14H17ClN2O4S. The Balaban J connectivity index is 2.18. The number of sulfonamides is 1. The molecule has 1 heterocycles. The number of methoxy groups -OCH3 is 1. The number of rotatable bonds is 6. The molecule has 22 heavy (non-hydrogen) atoms. The van der Waals surface area contributed by atoms with Crippen molar-refractivity contribution in [2.45, 2.75) is 11.0 Å². The summed E-state index contributed by atoms with van der Waals surface area (Å²) in [5, 5.41) is 10.4. The normalized spacial score (nSPS) is 13.1. The molecule has 2 N–H and O–H groups in total. The van der Waals surface area contributed by atoms with Gasteiger partial charge in [-0.3, -0.25) is 0 Å². The van der Waals surface area contributed by atoms with Crippen molar-refractivity contribution in [3.05, 3.63) is 47.2 Å². The van der Waals surface area contributed by atoms with Gasteiger partial charge < -0.3 is 14.4 Å². The molecule has 0 spiro atoms. The van der Waals surface area contributed by atoms with Crippen LogP contribution in [0, 0.1) is 0 Å². The summed E-state index contributed by atoms with van der Waals surface area (Å²) in [4.78, 5) is -0.0680. The lowest BCUT2D eigenvalue weighted by Gasteiger charge is -2.15. The predicted molar refractivity (Wildman–Crippen MR) is 83.6 cm³/mol. The zero-order valence-corrected chi connectivity index (χ0v) is 13.7. The maximum atomic E-state index is 12.4. The molecule has 6 nitrogen and oxygen atoms in total. The molecule has 1 aromatic carbocycles. The first kappa shape index (κ1) is 16.8. The van der Waals surface area contributed by atoms with Crippen LogP contribution in [0.15, 0.2) is 41.4 Å². The van der Waals surface area contributed by atoms with Gasteiger partial charge in [-0.05, 0) is 30.3 Å². The molecule has 0 aliphatic heterocycles. The lowest BCUT2D eigenvalue weighted by atomic mass is 10.2. The van der Waals surface area contributed by atoms with E-state index >= 15 is 0 Å². The highest BCUT2D eigenvalue weighted by Gasteiger charge is 2.22. The number of aromatic nitrogens is 1. The number of hydrogen-bond acceptors (Lipinski definition) is 4. The summed E-state index contributed by atoms with van der Waals surface area (Å²) in [7, 11) is -0.706. The van der Waals surface area contributed by atoms with Crippen molar-refractivity contribution in [3.8, 4) is 5.75 Å². The Morgan fingerprint density at radius 2 is 2.14 bits per heavy atom. The van der Waals surface area contributed by atoms with Crippen molar-refractivity contribution in [1.82, 2.24) is 9.29 Å². The Hall–Kier alpha value is -1.54. The fourth-order valence-electron chi connectivity index (χ4n) is 2.05. The molecule has 2 rings (SSSR count). The molecule has 0 aliphatic carbocycles. The third kappa shape index (κ3) is 3.61. The van der Waals surface area contributed by atoms with Crippen LogP contribution in [0.5, 0.6) is 5.75 Å². The second-order valence-corrected chi connectivity index (χ2v) is 6.88. The third-order valence-electron chi connectivity index (χ3n) is 3.21. The monoisotopic (exact) mass is 344 g/mol. The molecule has 0 saturated carbocycles. The van der Waals surface area contributed by atoms with E-state index in [0.29, 0.717) is 5.69 Å². The van der Waals surface area contributed by atoms with Gasteiger partial charge in [-0.25, -0.2) is 13.1 Å². The second-order valence-electron chi connectivity index (χ2n) is 4.71. The zero-order chi connectivity index (χ0) is 16.3. The van der Waals surface area contributed by atoms with Crippen LogP contribution in [0.1, 0.15) is 11.8 Å². The maximum absolute atomic E-state index is 12.4. The van der Waals surface area contributed by atoms with Gasteiger partial charge in [-0.15, -0.1) is 0 Å². The van der Waals surface area contributed by atoms with Crippen molar-refractivity contribution < 1.29 is 18.3 Å². The minimum Gasteiger partial charge on any atom is -0.495 e. The van der Waals surface area contributed by atoms with E-state index in [1.54, 1.807) is 29.9 Å². The number of benzene rings is 1. The largest absolute Gasteiger partial charge is 0.495 e. The van der Waals surface area contributed by atoms with Crippen LogP contribution in [0.3, 0.4) is 0 Å². The molecule has 0 unspecified atom stereocenters. The molecule has 0 bridgehead atoms. The van der Waals surface area contributed by atoms with E-state index < -0.39 is 16.1 Å². The van der Waals surface area contributed by atoms with Crippen LogP contribution >= 0.6 is 11.6 Å². The van der Waals surface area contributed by atoms with E-state index in [9.17, 15) is 13.5 Å². The van der Waals surface area contributed by atoms with Gasteiger partial charge in [-0.2, -0.15) is 0 Å². The van der Waals surface area contributed by atoms with E-state index in [4.69, 9.17) is 16.3 Å². The molecule has 0 saturated heterocycles. The average molecular weight is 345 g/mol. The van der Waals surface area contributed by atoms with Gasteiger partial charge in [0.2, 0.25) is 10.0 Å². The first-order chi connectivity index (χ1) is 10.3. The minimum absolute atomic E-state index is 0.0680. The smallest absolute Gasteiger partial charge is 0.244 e. The highest BCUT2D eigenvalue weighted by molar-refractivity contribution is 7.89. The number of hydrogen-bond donors (Lipinski definition) is 2. The Bertz CT molecular complexity index is 758. The standard InChI is InChI=1S/C14H17ClN2O4S/c1-17-7-3-4-11(17)12(18)9-16-22(19,20)14-8-10(15)5-6-13(14)21-2/h3-8,12,16,18H,9H2,1-2H3/t12-/m0/s1. The zero-order valence-electron chi connectivity index (χ0n) is 12.2. The fourth-order valence-corrected chi connectivity index (χ4v) is 3.52. The molecule has 0 amide bonds. The number of aliphatic hydroxyl groups is 1. The van der Waals surface area contributed by atoms with Gasteiger partial charge in [0.25, 0.3) is 0 Å². The van der Waals surface area contributed by atoms with E-state index in [-0.39, 0.29) is 22.2 Å². The van der Waals surface area contributed by atoms with Crippen LogP contribution in [-0.4, -0.2) is 31.7 Å². The number of aliphatic hydroxyl groups excluding tert-OH is 1. The molecule has 0 aliphatic rings. The Kier molecular flexibility index (Phi) is 5.12. The van der Waals surface area contributed by atoms with Crippen LogP contribution in [0.4, 0.5) is 0 Å². The van der Waals surface area contributed by atoms with Crippen molar-refractivity contribution in [2.75, 3.05) is 13.7 Å². The van der Waals surface area contributed by atoms with Crippen molar-refractivity contribution >= 4 is 21.6 Å². The van der Waals surface area contributed by atoms with Crippen molar-refractivity contribution in [3.63, 3.8) is 0 Å². The van der Waals surface area contributed by atoms with Gasteiger partial charge in [0.15, 0.2) is 0 Å². The van der Waals surface area contributed by atoms with Gasteiger partial charge >= 0.3 is 0 Å². The molecule has 1 aromatic heterocycles. The number of nitrogens with zero attached hydrogens (tertiary/aromatic N) is 1. The van der Waals surface area contributed by atoms with Gasteiger partial charge in [0.05, 0.1) is 7.11 Å². The SMILES string of the molecule is COc1ccc(Cl)cc1S(=O)(=O)NC[C@H](O)c1cccn1C. The first-order valence-electron chi connectivity index (χ1n) is 6.47. The molecule has 120 valence electrons. The molecule has 1 atom stereocenters. The van der Waals surface area contributed by atoms with E-state index in [1.165, 1.54) is 25.3 Å². The molecule has 2 aromatic rings. The van der Waals surface area contributed by atoms with Gasteiger partial charge in [0, 0.05) is 30.5 Å². The third-order valence-corrected chi connectivity index (χ3v) is 4.89. The highest BCUT2D eigenvalue weighted by atomic mass is 35.5. The summed E-state index contributed by atoms with van der Waals surface area (Å²) in [5.74, 6) is 0.185. The topological polar surface area (TPSA) is 80.6 Å². The van der Waals surface area contributed by atoms with Crippen molar-refractivity contribution in [1.29, 1.82) is 0 Å². The summed E-state index contributed by atoms with van der Waals surface area (Å²) < 4.78 is 33.8. The number of halogens is 1. The minimum atomic E-state index is -3.85. The fraction of sp³-hybridized carbons (Fsp3) is 0.286. The highest BCUT2D eigenvalue weighted by Crippen LogP contribution is 2.27. The Morgan fingerprint density at radius 1 is 1.41 bits per heavy atom. The summed E-state index contributed by atoms with van der Waals surface area (Å²) in [6.07, 6.45) is 0.813. The van der Waals surface area contributed by atoms with Gasteiger partial charge in [-0.1, -0.05) is 11.6 Å². The average Bonchev–Trinajstić information content (AvgIpc) is 2.91. The molecular weight excluding hydrogens is 328 g/mol. The van der Waals surface area contributed by atoms with E-state index in [2.05, 4.69) is 4.72 Å². The maximum Gasteiger partial charge on any atom is 0.244 e. The number of ether oxygens (including phenoxy) is 1. The summed E-state index contributed by atoms with van der Waals surface area (Å²) in [6, 6.07) is 7.81. The van der Waals surface area contributed by atoms with E-state index in [1.807, 2.05) is 0 Å². The van der Waals surface area contributed by atoms with Crippen LogP contribution in [0.25, 0.3) is 0 Å². The molecule has 8 heteroatoms. The molecule has 0 radical (unpaired) electrons. The quantitative estimate of drug-likeness (QED) is 0.835. The predicted octanol–water partition coefficient (Wildman–Crippen LogP) is 1.70. The second kappa shape index (κ2) is 6.70. The number of aryl methyl sites for hydroxylation is 1. The Morgan fingerprint density at radius 3 is 2.73 bits per heavy atom. The van der Waals surface area contributed by atoms with Crippen LogP contribution in [-0.2, 0) is 17.1 Å².